The summed E-state index contributed by atoms with van der Waals surface area (Å²) in [5.74, 6) is 0. The van der Waals surface area contributed by atoms with Gasteiger partial charge >= 0.3 is 0 Å². The molecule has 3 aromatic heterocycles. The van der Waals surface area contributed by atoms with Gasteiger partial charge in [0, 0.05) is 43.7 Å². The summed E-state index contributed by atoms with van der Waals surface area (Å²) >= 11 is 0. The number of benzene rings is 7. The molecule has 0 unspecified atom stereocenters. The van der Waals surface area contributed by atoms with Gasteiger partial charge in [-0.25, -0.2) is 0 Å². The van der Waals surface area contributed by atoms with E-state index in [1.165, 1.54) is 71.1 Å². The van der Waals surface area contributed by atoms with Gasteiger partial charge in [-0.1, -0.05) is 103 Å². The van der Waals surface area contributed by atoms with Crippen molar-refractivity contribution in [1.29, 1.82) is 0 Å². The van der Waals surface area contributed by atoms with E-state index in [0.717, 1.165) is 11.4 Å². The molecule has 0 saturated heterocycles. The molecule has 0 fully saturated rings. The van der Waals surface area contributed by atoms with Crippen LogP contribution in [0.3, 0.4) is 0 Å². The van der Waals surface area contributed by atoms with Crippen LogP contribution in [0.25, 0.3) is 82.5 Å². The van der Waals surface area contributed by atoms with Crippen molar-refractivity contribution in [2.45, 2.75) is 0 Å². The van der Waals surface area contributed by atoms with Crippen LogP contribution in [0.1, 0.15) is 0 Å². The van der Waals surface area contributed by atoms with Crippen molar-refractivity contribution in [3.63, 3.8) is 0 Å². The van der Waals surface area contributed by atoms with Crippen molar-refractivity contribution in [3.05, 3.63) is 164 Å². The summed E-state index contributed by atoms with van der Waals surface area (Å²) < 4.78 is 7.28. The molecule has 0 bridgehead atoms. The van der Waals surface area contributed by atoms with Crippen molar-refractivity contribution in [2.75, 3.05) is 0 Å². The van der Waals surface area contributed by atoms with Crippen LogP contribution in [0.15, 0.2) is 164 Å². The van der Waals surface area contributed by atoms with Gasteiger partial charge in [0.15, 0.2) is 0 Å². The average molecular weight is 574 g/mol. The minimum absolute atomic E-state index is 1.15. The lowest BCUT2D eigenvalue weighted by molar-refractivity contribution is 1.15. The summed E-state index contributed by atoms with van der Waals surface area (Å²) in [6.45, 7) is 0. The number of fused-ring (bicyclic) bond motifs is 9. The number of nitrogens with zero attached hydrogens (tertiary/aromatic N) is 3. The first-order valence-electron chi connectivity index (χ1n) is 15.5. The Balaban J connectivity index is 1.32. The first-order chi connectivity index (χ1) is 22.4. The highest BCUT2D eigenvalue weighted by Crippen LogP contribution is 2.41. The molecule has 0 aliphatic carbocycles. The lowest BCUT2D eigenvalue weighted by Crippen LogP contribution is -1.98. The Bertz CT molecular complexity index is 2700. The minimum atomic E-state index is 1.15. The van der Waals surface area contributed by atoms with Gasteiger partial charge in [-0.3, -0.25) is 0 Å². The molecule has 0 N–H and O–H groups in total. The lowest BCUT2D eigenvalue weighted by Gasteiger charge is -2.12. The fraction of sp³-hybridized carbons (Fsp3) is 0. The van der Waals surface area contributed by atoms with Gasteiger partial charge in [0.2, 0.25) is 0 Å². The van der Waals surface area contributed by atoms with E-state index in [0.29, 0.717) is 0 Å². The summed E-state index contributed by atoms with van der Waals surface area (Å²) in [6, 6.07) is 59.4. The molecule has 10 rings (SSSR count). The summed E-state index contributed by atoms with van der Waals surface area (Å²) in [5, 5.41) is 7.56. The molecule has 10 aromatic rings. The largest absolute Gasteiger partial charge is 0.309 e. The van der Waals surface area contributed by atoms with Crippen LogP contribution in [0.5, 0.6) is 0 Å². The Morgan fingerprint density at radius 1 is 0.267 bits per heavy atom. The molecule has 3 heterocycles. The second-order valence-corrected chi connectivity index (χ2v) is 11.8. The Hall–Kier alpha value is -6.06. The third-order valence-electron chi connectivity index (χ3n) is 9.43. The van der Waals surface area contributed by atoms with Crippen LogP contribution in [0.4, 0.5) is 0 Å². The molecule has 0 spiro atoms. The Labute approximate surface area is 259 Å². The van der Waals surface area contributed by atoms with Gasteiger partial charge in [-0.15, -0.1) is 0 Å². The van der Waals surface area contributed by atoms with Gasteiger partial charge in [0.05, 0.1) is 38.8 Å². The smallest absolute Gasteiger partial charge is 0.0562 e. The van der Waals surface area contributed by atoms with Crippen LogP contribution < -0.4 is 0 Å². The monoisotopic (exact) mass is 573 g/mol. The first-order valence-corrected chi connectivity index (χ1v) is 15.5. The minimum Gasteiger partial charge on any atom is -0.309 e. The van der Waals surface area contributed by atoms with Crippen molar-refractivity contribution in [2.24, 2.45) is 0 Å². The molecule has 0 aliphatic rings. The van der Waals surface area contributed by atoms with E-state index >= 15 is 0 Å². The molecule has 0 amide bonds. The van der Waals surface area contributed by atoms with Crippen molar-refractivity contribution in [1.82, 2.24) is 13.7 Å². The number of rotatable bonds is 3. The van der Waals surface area contributed by atoms with Gasteiger partial charge < -0.3 is 13.7 Å². The Morgan fingerprint density at radius 2 is 0.733 bits per heavy atom. The van der Waals surface area contributed by atoms with E-state index in [4.69, 9.17) is 0 Å². The van der Waals surface area contributed by atoms with E-state index < -0.39 is 0 Å². The van der Waals surface area contributed by atoms with E-state index in [2.05, 4.69) is 177 Å². The fourth-order valence-electron chi connectivity index (χ4n) is 7.60. The maximum atomic E-state index is 2.44. The zero-order valence-electron chi connectivity index (χ0n) is 24.4. The normalized spacial score (nSPS) is 12.0. The summed E-state index contributed by atoms with van der Waals surface area (Å²) in [5.41, 5.74) is 10.7. The predicted octanol–water partition coefficient (Wildman–Crippen LogP) is 11.0. The predicted molar refractivity (Wildman–Crippen MR) is 189 cm³/mol. The molecule has 45 heavy (non-hydrogen) atoms. The Kier molecular flexibility index (Phi) is 5.00. The molecular weight excluding hydrogens is 546 g/mol. The van der Waals surface area contributed by atoms with Crippen LogP contribution in [0, 0.1) is 0 Å². The summed E-state index contributed by atoms with van der Waals surface area (Å²) in [6.07, 6.45) is 0. The fourth-order valence-corrected chi connectivity index (χ4v) is 7.60. The summed E-state index contributed by atoms with van der Waals surface area (Å²) in [7, 11) is 0. The van der Waals surface area contributed by atoms with Crippen LogP contribution >= 0.6 is 0 Å². The highest BCUT2D eigenvalue weighted by Gasteiger charge is 2.20. The maximum absolute atomic E-state index is 2.44. The van der Waals surface area contributed by atoms with Gasteiger partial charge in [0.25, 0.3) is 0 Å². The molecule has 0 atom stereocenters. The third kappa shape index (κ3) is 3.35. The molecule has 3 heteroatoms. The lowest BCUT2D eigenvalue weighted by atomic mass is 10.1. The van der Waals surface area contributed by atoms with E-state index in [1.807, 2.05) is 0 Å². The molecule has 7 aromatic carbocycles. The van der Waals surface area contributed by atoms with E-state index in [9.17, 15) is 0 Å². The highest BCUT2D eigenvalue weighted by molar-refractivity contribution is 6.17. The van der Waals surface area contributed by atoms with Gasteiger partial charge in [-0.2, -0.15) is 0 Å². The molecule has 0 radical (unpaired) electrons. The molecule has 0 saturated carbocycles. The second-order valence-electron chi connectivity index (χ2n) is 11.8. The van der Waals surface area contributed by atoms with E-state index in [1.54, 1.807) is 0 Å². The zero-order chi connectivity index (χ0) is 29.5. The van der Waals surface area contributed by atoms with Crippen molar-refractivity contribution >= 4 is 65.4 Å². The number of hydrogen-bond donors (Lipinski definition) is 0. The quantitative estimate of drug-likeness (QED) is 0.200. The van der Waals surface area contributed by atoms with Crippen LogP contribution in [-0.2, 0) is 0 Å². The molecule has 3 nitrogen and oxygen atoms in total. The van der Waals surface area contributed by atoms with Crippen LogP contribution in [0.2, 0.25) is 0 Å². The third-order valence-corrected chi connectivity index (χ3v) is 9.43. The van der Waals surface area contributed by atoms with Gasteiger partial charge in [-0.05, 0) is 60.7 Å². The van der Waals surface area contributed by atoms with Crippen molar-refractivity contribution in [3.8, 4) is 17.1 Å². The average Bonchev–Trinajstić information content (AvgIpc) is 3.74. The molecule has 210 valence electrons. The standard InChI is InChI=1S/C42H27N3/c1-2-13-28(14-3-1)43-35-19-8-4-17-32(35)33-26-25-29(27-41(33)43)44-38-22-11-7-18-34(38)42-39(44)23-12-24-40(42)45-36-20-9-5-15-30(36)31-16-6-10-21-37(31)45/h1-27H. The topological polar surface area (TPSA) is 14.8 Å². The van der Waals surface area contributed by atoms with Crippen molar-refractivity contribution < 1.29 is 0 Å². The van der Waals surface area contributed by atoms with Gasteiger partial charge in [0.1, 0.15) is 0 Å². The summed E-state index contributed by atoms with van der Waals surface area (Å²) in [4.78, 5) is 0. The number of para-hydroxylation sites is 5. The molecular formula is C42H27N3. The SMILES string of the molecule is c1ccc(-n2c3ccccc3c3ccc(-n4c5ccccc5c5c(-n6c7ccccc7c7ccccc76)cccc54)cc32)cc1. The second kappa shape index (κ2) is 9.22. The van der Waals surface area contributed by atoms with Crippen LogP contribution in [-0.4, -0.2) is 13.7 Å². The molecule has 0 aliphatic heterocycles. The zero-order valence-corrected chi connectivity index (χ0v) is 24.4. The number of hydrogen-bond acceptors (Lipinski definition) is 0. The van der Waals surface area contributed by atoms with E-state index in [-0.39, 0.29) is 0 Å². The highest BCUT2D eigenvalue weighted by atomic mass is 15.0. The Morgan fingerprint density at radius 3 is 1.38 bits per heavy atom. The first kappa shape index (κ1) is 24.4. The number of aromatic nitrogens is 3. The maximum Gasteiger partial charge on any atom is 0.0562 e.